The average molecular weight is 443 g/mol. The van der Waals surface area contributed by atoms with Gasteiger partial charge in [0.05, 0.1) is 59.5 Å². The van der Waals surface area contributed by atoms with Crippen LogP contribution < -0.4 is 10.6 Å². The Balaban J connectivity index is 1.76. The van der Waals surface area contributed by atoms with Gasteiger partial charge in [0.25, 0.3) is 0 Å². The van der Waals surface area contributed by atoms with Crippen molar-refractivity contribution in [2.75, 3.05) is 72.6 Å². The number of carbonyl (C=O) groups is 2. The monoisotopic (exact) mass is 442 g/mol. The van der Waals surface area contributed by atoms with Crippen molar-refractivity contribution < 1.29 is 38.4 Å². The van der Waals surface area contributed by atoms with E-state index >= 15 is 0 Å². The molecule has 0 radical (unpaired) electrons. The lowest BCUT2D eigenvalue weighted by atomic mass is 10.2. The van der Waals surface area contributed by atoms with Gasteiger partial charge in [0.15, 0.2) is 0 Å². The van der Waals surface area contributed by atoms with E-state index in [-0.39, 0.29) is 32.1 Å². The second kappa shape index (κ2) is 19.7. The number of rotatable bonds is 19. The molecule has 31 heavy (non-hydrogen) atoms. The zero-order chi connectivity index (χ0) is 22.4. The summed E-state index contributed by atoms with van der Waals surface area (Å²) in [7, 11) is 0. The molecule has 176 valence electrons. The predicted molar refractivity (Wildman–Crippen MR) is 113 cm³/mol. The summed E-state index contributed by atoms with van der Waals surface area (Å²) in [5, 5.41) is 13.7. The lowest BCUT2D eigenvalue weighted by Gasteiger charge is -2.09. The Labute approximate surface area is 183 Å². The Kier molecular flexibility index (Phi) is 17.0. The van der Waals surface area contributed by atoms with Gasteiger partial charge in [-0.2, -0.15) is 0 Å². The highest BCUT2D eigenvalue weighted by molar-refractivity contribution is 5.75. The molecule has 0 fully saturated rings. The minimum absolute atomic E-state index is 0.0716. The van der Waals surface area contributed by atoms with E-state index in [4.69, 9.17) is 28.8 Å². The standard InChI is InChI=1S/C21H34N2O8/c24-9-7-22-20(25)6-10-27-12-14-29-16-17-30-15-13-28-11-8-23-21(26)31-18-19-4-2-1-3-5-19/h1-5,24H,6-18H2,(H,22,25)(H,23,26). The Morgan fingerprint density at radius 2 is 1.32 bits per heavy atom. The van der Waals surface area contributed by atoms with Crippen molar-refractivity contribution in [2.24, 2.45) is 0 Å². The van der Waals surface area contributed by atoms with Crippen LogP contribution in [-0.2, 0) is 35.1 Å². The quantitative estimate of drug-likeness (QED) is 0.264. The van der Waals surface area contributed by atoms with Gasteiger partial charge in [-0.3, -0.25) is 4.79 Å². The number of alkyl carbamates (subject to hydrolysis) is 1. The van der Waals surface area contributed by atoms with Crippen molar-refractivity contribution in [1.82, 2.24) is 10.6 Å². The Morgan fingerprint density at radius 3 is 1.94 bits per heavy atom. The molecule has 0 heterocycles. The van der Waals surface area contributed by atoms with E-state index in [1.165, 1.54) is 0 Å². The number of nitrogens with one attached hydrogen (secondary N) is 2. The van der Waals surface area contributed by atoms with Crippen LogP contribution in [0, 0.1) is 0 Å². The van der Waals surface area contributed by atoms with Gasteiger partial charge in [-0.15, -0.1) is 0 Å². The topological polar surface area (TPSA) is 125 Å². The molecule has 2 amide bonds. The molecule has 3 N–H and O–H groups in total. The smallest absolute Gasteiger partial charge is 0.407 e. The molecule has 0 saturated heterocycles. The number of ether oxygens (including phenoxy) is 5. The Hall–Kier alpha value is -2.24. The van der Waals surface area contributed by atoms with Gasteiger partial charge in [-0.05, 0) is 5.56 Å². The normalized spacial score (nSPS) is 10.6. The van der Waals surface area contributed by atoms with Crippen molar-refractivity contribution >= 4 is 12.0 Å². The van der Waals surface area contributed by atoms with Crippen LogP contribution in [0.5, 0.6) is 0 Å². The first kappa shape index (κ1) is 26.8. The third-order valence-corrected chi connectivity index (χ3v) is 3.75. The van der Waals surface area contributed by atoms with Gasteiger partial charge >= 0.3 is 6.09 Å². The van der Waals surface area contributed by atoms with Crippen molar-refractivity contribution in [3.05, 3.63) is 35.9 Å². The molecular formula is C21H34N2O8. The summed E-state index contributed by atoms with van der Waals surface area (Å²) in [4.78, 5) is 22.8. The van der Waals surface area contributed by atoms with E-state index in [9.17, 15) is 9.59 Å². The highest BCUT2D eigenvalue weighted by atomic mass is 16.6. The minimum atomic E-state index is -0.477. The summed E-state index contributed by atoms with van der Waals surface area (Å²) in [5.74, 6) is -0.149. The molecule has 0 aliphatic rings. The average Bonchev–Trinajstić information content (AvgIpc) is 2.79. The first-order chi connectivity index (χ1) is 15.2. The largest absolute Gasteiger partial charge is 0.445 e. The summed E-state index contributed by atoms with van der Waals surface area (Å²) in [6.07, 6.45) is -0.220. The van der Waals surface area contributed by atoms with Crippen LogP contribution in [0.15, 0.2) is 30.3 Å². The van der Waals surface area contributed by atoms with Gasteiger partial charge in [0, 0.05) is 19.5 Å². The third kappa shape index (κ3) is 17.2. The maximum Gasteiger partial charge on any atom is 0.407 e. The fraction of sp³-hybridized carbons (Fsp3) is 0.619. The second-order valence-electron chi connectivity index (χ2n) is 6.26. The van der Waals surface area contributed by atoms with Crippen molar-refractivity contribution in [3.8, 4) is 0 Å². The number of carbonyl (C=O) groups excluding carboxylic acids is 2. The van der Waals surface area contributed by atoms with Crippen LogP contribution in [-0.4, -0.2) is 89.7 Å². The summed E-state index contributed by atoms with van der Waals surface area (Å²) in [6, 6.07) is 9.46. The number of aliphatic hydroxyl groups excluding tert-OH is 1. The fourth-order valence-corrected chi connectivity index (χ4v) is 2.21. The predicted octanol–water partition coefficient (Wildman–Crippen LogP) is 0.478. The molecule has 10 nitrogen and oxygen atoms in total. The van der Waals surface area contributed by atoms with Crippen LogP contribution in [0.25, 0.3) is 0 Å². The van der Waals surface area contributed by atoms with Gasteiger partial charge in [-0.1, -0.05) is 30.3 Å². The van der Waals surface area contributed by atoms with Crippen molar-refractivity contribution in [1.29, 1.82) is 0 Å². The van der Waals surface area contributed by atoms with Crippen molar-refractivity contribution in [3.63, 3.8) is 0 Å². The van der Waals surface area contributed by atoms with Crippen LogP contribution in [0.2, 0.25) is 0 Å². The summed E-state index contributed by atoms with van der Waals surface area (Å²) in [5.41, 5.74) is 0.932. The van der Waals surface area contributed by atoms with E-state index in [0.29, 0.717) is 59.4 Å². The molecule has 0 aromatic heterocycles. The minimum Gasteiger partial charge on any atom is -0.445 e. The molecule has 10 heteroatoms. The van der Waals surface area contributed by atoms with E-state index < -0.39 is 6.09 Å². The lowest BCUT2D eigenvalue weighted by molar-refractivity contribution is -0.122. The molecule has 0 bridgehead atoms. The highest BCUT2D eigenvalue weighted by Crippen LogP contribution is 2.00. The molecule has 0 aliphatic carbocycles. The molecule has 1 aromatic carbocycles. The Morgan fingerprint density at radius 1 is 0.742 bits per heavy atom. The molecular weight excluding hydrogens is 408 g/mol. The van der Waals surface area contributed by atoms with E-state index in [0.717, 1.165) is 5.56 Å². The molecule has 0 atom stereocenters. The Bertz CT molecular complexity index is 574. The van der Waals surface area contributed by atoms with E-state index in [1.807, 2.05) is 30.3 Å². The highest BCUT2D eigenvalue weighted by Gasteiger charge is 2.02. The first-order valence-electron chi connectivity index (χ1n) is 10.4. The van der Waals surface area contributed by atoms with Gasteiger partial charge in [0.1, 0.15) is 6.61 Å². The SMILES string of the molecule is O=C(CCOCCOCCOCCOCCNC(=O)OCc1ccccc1)NCCO. The molecule has 1 rings (SSSR count). The zero-order valence-electron chi connectivity index (χ0n) is 17.9. The second-order valence-corrected chi connectivity index (χ2v) is 6.26. The van der Waals surface area contributed by atoms with E-state index in [2.05, 4.69) is 10.6 Å². The van der Waals surface area contributed by atoms with Gasteiger partial charge in [-0.25, -0.2) is 4.79 Å². The number of benzene rings is 1. The third-order valence-electron chi connectivity index (χ3n) is 3.75. The maximum absolute atomic E-state index is 11.5. The molecule has 0 aliphatic heterocycles. The van der Waals surface area contributed by atoms with Crippen LogP contribution in [0.4, 0.5) is 4.79 Å². The summed E-state index contributed by atoms with van der Waals surface area (Å²) < 4.78 is 26.4. The van der Waals surface area contributed by atoms with Crippen molar-refractivity contribution in [2.45, 2.75) is 13.0 Å². The summed E-state index contributed by atoms with van der Waals surface area (Å²) >= 11 is 0. The van der Waals surface area contributed by atoms with Crippen LogP contribution in [0.3, 0.4) is 0 Å². The van der Waals surface area contributed by atoms with Gasteiger partial charge < -0.3 is 39.4 Å². The number of hydrogen-bond donors (Lipinski definition) is 3. The summed E-state index contributed by atoms with van der Waals surface area (Å²) in [6.45, 7) is 4.02. The molecule has 0 saturated carbocycles. The number of amides is 2. The molecule has 0 spiro atoms. The molecule has 1 aromatic rings. The number of hydrogen-bond acceptors (Lipinski definition) is 8. The van der Waals surface area contributed by atoms with Gasteiger partial charge in [0.2, 0.25) is 5.91 Å². The zero-order valence-corrected chi connectivity index (χ0v) is 17.9. The number of aliphatic hydroxyl groups is 1. The van der Waals surface area contributed by atoms with Crippen LogP contribution >= 0.6 is 0 Å². The van der Waals surface area contributed by atoms with E-state index in [1.54, 1.807) is 0 Å². The lowest BCUT2D eigenvalue weighted by Crippen LogP contribution is -2.28. The fourth-order valence-electron chi connectivity index (χ4n) is 2.21. The van der Waals surface area contributed by atoms with Crippen LogP contribution in [0.1, 0.15) is 12.0 Å². The first-order valence-corrected chi connectivity index (χ1v) is 10.4. The maximum atomic E-state index is 11.5. The molecule has 0 unspecified atom stereocenters.